The van der Waals surface area contributed by atoms with Gasteiger partial charge in [-0.15, -0.1) is 0 Å². The van der Waals surface area contributed by atoms with E-state index >= 15 is 0 Å². The topological polar surface area (TPSA) is 55.8 Å². The smallest absolute Gasteiger partial charge is 0.410 e. The van der Waals surface area contributed by atoms with Crippen molar-refractivity contribution in [1.29, 1.82) is 0 Å². The average Bonchev–Trinajstić information content (AvgIpc) is 2.71. The fourth-order valence-electron chi connectivity index (χ4n) is 3.69. The SMILES string of the molecule is CC(C)(C)OC(=O)N1[C@@H]2C[C@H](C(=O)Cl)[C@H]1CC[C@@H]2O[Si](C)(C)C(C)(C)C. The molecule has 5 nitrogen and oxygen atoms in total. The Morgan fingerprint density at radius 1 is 1.04 bits per heavy atom. The first kappa shape index (κ1) is 21.7. The lowest BCUT2D eigenvalue weighted by atomic mass is 9.98. The van der Waals surface area contributed by atoms with Crippen LogP contribution >= 0.6 is 11.6 Å². The number of rotatable bonds is 3. The number of ether oxygens (including phenoxy) is 1. The van der Waals surface area contributed by atoms with Gasteiger partial charge in [-0.25, -0.2) is 4.79 Å². The third kappa shape index (κ3) is 4.45. The van der Waals surface area contributed by atoms with Crippen LogP contribution < -0.4 is 0 Å². The number of nitrogens with zero attached hydrogens (tertiary/aromatic N) is 1. The highest BCUT2D eigenvalue weighted by atomic mass is 35.5. The molecule has 2 fully saturated rings. The minimum atomic E-state index is -1.99. The van der Waals surface area contributed by atoms with Crippen LogP contribution in [0.3, 0.4) is 0 Å². The quantitative estimate of drug-likeness (QED) is 0.495. The number of piperidine rings is 1. The fraction of sp³-hybridized carbons (Fsp3) is 0.895. The van der Waals surface area contributed by atoms with E-state index in [4.69, 9.17) is 20.8 Å². The van der Waals surface area contributed by atoms with Crippen LogP contribution in [0, 0.1) is 5.92 Å². The van der Waals surface area contributed by atoms with Gasteiger partial charge in [0.25, 0.3) is 0 Å². The van der Waals surface area contributed by atoms with Crippen molar-refractivity contribution in [2.24, 2.45) is 5.92 Å². The number of halogens is 1. The van der Waals surface area contributed by atoms with Crippen LogP contribution in [0.25, 0.3) is 0 Å². The summed E-state index contributed by atoms with van der Waals surface area (Å²) in [6.07, 6.45) is 1.70. The van der Waals surface area contributed by atoms with Crippen molar-refractivity contribution in [3.8, 4) is 0 Å². The molecule has 0 radical (unpaired) electrons. The lowest BCUT2D eigenvalue weighted by Gasteiger charge is -2.46. The van der Waals surface area contributed by atoms with Gasteiger partial charge in [-0.1, -0.05) is 20.8 Å². The van der Waals surface area contributed by atoms with Crippen molar-refractivity contribution in [3.05, 3.63) is 0 Å². The van der Waals surface area contributed by atoms with E-state index in [0.717, 1.165) is 12.8 Å². The molecular weight excluding hydrogens is 370 g/mol. The molecule has 2 aliphatic heterocycles. The molecule has 7 heteroatoms. The standard InChI is InChI=1S/C19H34ClNO4Si/c1-18(2,3)24-17(23)21-13-9-10-15(14(21)11-12(13)16(20)22)25-26(7,8)19(4,5)6/h12-15H,9-11H2,1-8H3/t12-,13+,14+,15-/m0/s1. The molecule has 0 aromatic carbocycles. The van der Waals surface area contributed by atoms with Crippen LogP contribution in [0.1, 0.15) is 60.8 Å². The molecule has 26 heavy (non-hydrogen) atoms. The van der Waals surface area contributed by atoms with Crippen LogP contribution in [0.5, 0.6) is 0 Å². The van der Waals surface area contributed by atoms with Crippen molar-refractivity contribution in [3.63, 3.8) is 0 Å². The van der Waals surface area contributed by atoms with Crippen molar-refractivity contribution < 1.29 is 18.8 Å². The van der Waals surface area contributed by atoms with Crippen LogP contribution in [0.4, 0.5) is 4.79 Å². The van der Waals surface area contributed by atoms with Gasteiger partial charge in [-0.3, -0.25) is 9.69 Å². The van der Waals surface area contributed by atoms with Crippen molar-refractivity contribution in [2.75, 3.05) is 0 Å². The van der Waals surface area contributed by atoms with Gasteiger partial charge >= 0.3 is 6.09 Å². The van der Waals surface area contributed by atoms with Gasteiger partial charge in [-0.05, 0) is 69.8 Å². The highest BCUT2D eigenvalue weighted by Crippen LogP contribution is 2.46. The van der Waals surface area contributed by atoms with Gasteiger partial charge in [0.2, 0.25) is 5.24 Å². The Balaban J connectivity index is 2.27. The summed E-state index contributed by atoms with van der Waals surface area (Å²) >= 11 is 5.86. The third-order valence-corrected chi connectivity index (χ3v) is 10.8. The fourth-order valence-corrected chi connectivity index (χ4v) is 5.31. The zero-order chi connectivity index (χ0) is 20.1. The Bertz CT molecular complexity index is 567. The second kappa shape index (κ2) is 7.10. The number of amides is 1. The van der Waals surface area contributed by atoms with Crippen molar-refractivity contribution in [2.45, 2.75) is 103 Å². The van der Waals surface area contributed by atoms with E-state index < -0.39 is 13.9 Å². The molecule has 0 spiro atoms. The summed E-state index contributed by atoms with van der Waals surface area (Å²) in [5, 5.41) is -0.278. The minimum Gasteiger partial charge on any atom is -0.444 e. The third-order valence-electron chi connectivity index (χ3n) is 6.00. The average molecular weight is 404 g/mol. The van der Waals surface area contributed by atoms with E-state index in [1.54, 1.807) is 4.90 Å². The highest BCUT2D eigenvalue weighted by molar-refractivity contribution is 6.74. The molecular formula is C19H34ClNO4Si. The first-order valence-corrected chi connectivity index (χ1v) is 12.8. The molecule has 2 saturated heterocycles. The van der Waals surface area contributed by atoms with Gasteiger partial charge in [0.15, 0.2) is 8.32 Å². The molecule has 0 unspecified atom stereocenters. The van der Waals surface area contributed by atoms with Gasteiger partial charge < -0.3 is 9.16 Å². The van der Waals surface area contributed by atoms with E-state index in [9.17, 15) is 9.59 Å². The molecule has 0 saturated carbocycles. The number of carbonyl (C=O) groups is 2. The monoisotopic (exact) mass is 403 g/mol. The largest absolute Gasteiger partial charge is 0.444 e. The van der Waals surface area contributed by atoms with E-state index in [0.29, 0.717) is 6.42 Å². The van der Waals surface area contributed by atoms with E-state index in [-0.39, 0.29) is 40.5 Å². The molecule has 2 heterocycles. The Labute approximate surface area is 163 Å². The molecule has 0 aromatic heterocycles. The number of carbonyl (C=O) groups excluding carboxylic acids is 2. The number of hydrogen-bond acceptors (Lipinski definition) is 4. The first-order chi connectivity index (χ1) is 11.6. The number of hydrogen-bond donors (Lipinski definition) is 0. The maximum absolute atomic E-state index is 12.9. The molecule has 0 aromatic rings. The predicted octanol–water partition coefficient (Wildman–Crippen LogP) is 4.93. The normalized spacial score (nSPS) is 29.7. The molecule has 1 amide bonds. The maximum Gasteiger partial charge on any atom is 0.410 e. The summed E-state index contributed by atoms with van der Waals surface area (Å²) in [5.41, 5.74) is -0.579. The van der Waals surface area contributed by atoms with Crippen LogP contribution in [-0.4, -0.2) is 48.3 Å². The first-order valence-electron chi connectivity index (χ1n) is 9.52. The zero-order valence-electron chi connectivity index (χ0n) is 17.4. The highest BCUT2D eigenvalue weighted by Gasteiger charge is 2.55. The molecule has 2 rings (SSSR count). The Morgan fingerprint density at radius 3 is 2.08 bits per heavy atom. The second-order valence-electron chi connectivity index (χ2n) is 10.2. The molecule has 150 valence electrons. The van der Waals surface area contributed by atoms with Crippen LogP contribution in [0.2, 0.25) is 18.1 Å². The second-order valence-corrected chi connectivity index (χ2v) is 15.3. The van der Waals surface area contributed by atoms with Crippen molar-refractivity contribution in [1.82, 2.24) is 4.90 Å². The Morgan fingerprint density at radius 2 is 1.62 bits per heavy atom. The molecule has 2 bridgehead atoms. The zero-order valence-corrected chi connectivity index (χ0v) is 19.1. The van der Waals surface area contributed by atoms with Gasteiger partial charge in [0, 0.05) is 6.04 Å². The maximum atomic E-state index is 12.9. The predicted molar refractivity (Wildman–Crippen MR) is 106 cm³/mol. The lowest BCUT2D eigenvalue weighted by molar-refractivity contribution is -0.115. The summed E-state index contributed by atoms with van der Waals surface area (Å²) in [7, 11) is -1.99. The van der Waals surface area contributed by atoms with E-state index in [2.05, 4.69) is 33.9 Å². The van der Waals surface area contributed by atoms with Gasteiger partial charge in [0.1, 0.15) is 5.60 Å². The van der Waals surface area contributed by atoms with E-state index in [1.165, 1.54) is 0 Å². The van der Waals surface area contributed by atoms with Crippen molar-refractivity contribution >= 4 is 31.3 Å². The number of fused-ring (bicyclic) bond motifs is 2. The Kier molecular flexibility index (Phi) is 5.92. The van der Waals surface area contributed by atoms with Crippen LogP contribution in [0.15, 0.2) is 0 Å². The molecule has 0 aliphatic carbocycles. The summed E-state index contributed by atoms with van der Waals surface area (Å²) in [5.74, 6) is -0.331. The lowest BCUT2D eigenvalue weighted by Crippen LogP contribution is -2.56. The van der Waals surface area contributed by atoms with Gasteiger partial charge in [-0.2, -0.15) is 0 Å². The summed E-state index contributed by atoms with van der Waals surface area (Å²) in [4.78, 5) is 26.6. The molecule has 2 aliphatic rings. The summed E-state index contributed by atoms with van der Waals surface area (Å²) in [6, 6.07) is -0.329. The van der Waals surface area contributed by atoms with E-state index in [1.807, 2.05) is 20.8 Å². The minimum absolute atomic E-state index is 0.0688. The summed E-state index contributed by atoms with van der Waals surface area (Å²) in [6.45, 7) is 16.6. The van der Waals surface area contributed by atoms with Gasteiger partial charge in [0.05, 0.1) is 18.1 Å². The Hall–Kier alpha value is -0.593. The molecule has 4 atom stereocenters. The molecule has 0 N–H and O–H groups in total. The van der Waals surface area contributed by atoms with Crippen LogP contribution in [-0.2, 0) is 14.0 Å². The summed E-state index contributed by atoms with van der Waals surface area (Å²) < 4.78 is 12.3.